The lowest BCUT2D eigenvalue weighted by Gasteiger charge is -2.31. The highest BCUT2D eigenvalue weighted by Gasteiger charge is 2.40. The predicted octanol–water partition coefficient (Wildman–Crippen LogP) is 1.46. The summed E-state index contributed by atoms with van der Waals surface area (Å²) < 4.78 is 4.69. The lowest BCUT2D eigenvalue weighted by Crippen LogP contribution is -2.54. The van der Waals surface area contributed by atoms with Gasteiger partial charge in [0.25, 0.3) is 0 Å². The molecule has 5 heteroatoms. The number of carbonyl (C=O) groups is 2. The Morgan fingerprint density at radius 1 is 1.24 bits per heavy atom. The zero-order valence-electron chi connectivity index (χ0n) is 12.4. The van der Waals surface area contributed by atoms with E-state index in [1.165, 1.54) is 12.0 Å². The Kier molecular flexibility index (Phi) is 4.96. The molecule has 0 heterocycles. The molecule has 0 spiro atoms. The van der Waals surface area contributed by atoms with Gasteiger partial charge in [-0.3, -0.25) is 9.59 Å². The van der Waals surface area contributed by atoms with Crippen molar-refractivity contribution in [1.82, 2.24) is 4.90 Å². The van der Waals surface area contributed by atoms with Gasteiger partial charge in [-0.2, -0.15) is 0 Å². The normalized spacial score (nSPS) is 16.5. The van der Waals surface area contributed by atoms with E-state index in [1.54, 1.807) is 0 Å². The van der Waals surface area contributed by atoms with Gasteiger partial charge in [-0.15, -0.1) is 0 Å². The maximum Gasteiger partial charge on any atom is 0.325 e. The van der Waals surface area contributed by atoms with Gasteiger partial charge >= 0.3 is 5.97 Å². The van der Waals surface area contributed by atoms with Gasteiger partial charge in [0.05, 0.1) is 12.6 Å². The summed E-state index contributed by atoms with van der Waals surface area (Å²) >= 11 is 0. The van der Waals surface area contributed by atoms with Crippen molar-refractivity contribution in [3.05, 3.63) is 35.9 Å². The number of hydrogen-bond acceptors (Lipinski definition) is 4. The predicted molar refractivity (Wildman–Crippen MR) is 79.3 cm³/mol. The average Bonchev–Trinajstić information content (AvgIpc) is 2.94. The van der Waals surface area contributed by atoms with Crippen molar-refractivity contribution in [2.24, 2.45) is 5.73 Å². The number of nitrogens with zero attached hydrogens (tertiary/aromatic N) is 1. The van der Waals surface area contributed by atoms with Gasteiger partial charge in [0.15, 0.2) is 0 Å². The summed E-state index contributed by atoms with van der Waals surface area (Å²) in [6, 6.07) is 9.58. The lowest BCUT2D eigenvalue weighted by atomic mass is 9.97. The molecule has 1 aliphatic rings. The van der Waals surface area contributed by atoms with E-state index >= 15 is 0 Å². The van der Waals surface area contributed by atoms with Crippen molar-refractivity contribution in [3.8, 4) is 0 Å². The Balaban J connectivity index is 2.15. The molecule has 1 fully saturated rings. The number of methoxy groups -OCH3 is 1. The standard InChI is InChI=1S/C16H22N2O3/c1-21-14(19)12-18(11-13-7-3-2-4-8-13)15(20)16(17)9-5-6-10-16/h2-4,7-8H,5-6,9-12,17H2,1H3. The molecule has 1 saturated carbocycles. The number of ether oxygens (including phenoxy) is 1. The van der Waals surface area contributed by atoms with Crippen molar-refractivity contribution in [2.75, 3.05) is 13.7 Å². The summed E-state index contributed by atoms with van der Waals surface area (Å²) in [5.41, 5.74) is 6.37. The first-order valence-corrected chi connectivity index (χ1v) is 7.24. The molecule has 1 aromatic carbocycles. The fourth-order valence-electron chi connectivity index (χ4n) is 2.76. The van der Waals surface area contributed by atoms with E-state index < -0.39 is 11.5 Å². The van der Waals surface area contributed by atoms with Gasteiger partial charge in [-0.1, -0.05) is 43.2 Å². The molecular formula is C16H22N2O3. The molecule has 21 heavy (non-hydrogen) atoms. The van der Waals surface area contributed by atoms with E-state index in [-0.39, 0.29) is 12.5 Å². The highest BCUT2D eigenvalue weighted by molar-refractivity contribution is 5.89. The van der Waals surface area contributed by atoms with E-state index in [0.29, 0.717) is 19.4 Å². The van der Waals surface area contributed by atoms with Crippen LogP contribution in [-0.4, -0.2) is 36.0 Å². The van der Waals surface area contributed by atoms with Crippen LogP contribution < -0.4 is 5.73 Å². The fourth-order valence-corrected chi connectivity index (χ4v) is 2.76. The van der Waals surface area contributed by atoms with Crippen molar-refractivity contribution >= 4 is 11.9 Å². The van der Waals surface area contributed by atoms with E-state index in [9.17, 15) is 9.59 Å². The first-order chi connectivity index (χ1) is 10.0. The maximum absolute atomic E-state index is 12.7. The largest absolute Gasteiger partial charge is 0.468 e. The van der Waals surface area contributed by atoms with E-state index in [1.807, 2.05) is 30.3 Å². The third kappa shape index (κ3) is 3.82. The van der Waals surface area contributed by atoms with Crippen LogP contribution in [0.1, 0.15) is 31.2 Å². The van der Waals surface area contributed by atoms with E-state index in [2.05, 4.69) is 0 Å². The third-order valence-corrected chi connectivity index (χ3v) is 3.97. The van der Waals surface area contributed by atoms with Gasteiger partial charge in [0, 0.05) is 6.54 Å². The maximum atomic E-state index is 12.7. The number of carbonyl (C=O) groups excluding carboxylic acids is 2. The Morgan fingerprint density at radius 3 is 2.43 bits per heavy atom. The number of benzene rings is 1. The lowest BCUT2D eigenvalue weighted by molar-refractivity contribution is -0.149. The van der Waals surface area contributed by atoms with Crippen LogP contribution in [0.4, 0.5) is 0 Å². The van der Waals surface area contributed by atoms with Gasteiger partial charge in [-0.05, 0) is 18.4 Å². The Hall–Kier alpha value is -1.88. The molecule has 0 radical (unpaired) electrons. The molecule has 0 aliphatic heterocycles. The van der Waals surface area contributed by atoms with Gasteiger partial charge < -0.3 is 15.4 Å². The second-order valence-electron chi connectivity index (χ2n) is 5.59. The monoisotopic (exact) mass is 290 g/mol. The highest BCUT2D eigenvalue weighted by atomic mass is 16.5. The number of nitrogens with two attached hydrogens (primary N) is 1. The molecule has 114 valence electrons. The fraction of sp³-hybridized carbons (Fsp3) is 0.500. The molecule has 0 unspecified atom stereocenters. The molecule has 0 aromatic heterocycles. The van der Waals surface area contributed by atoms with Crippen molar-refractivity contribution in [3.63, 3.8) is 0 Å². The third-order valence-electron chi connectivity index (χ3n) is 3.97. The van der Waals surface area contributed by atoms with Crippen LogP contribution in [0, 0.1) is 0 Å². The van der Waals surface area contributed by atoms with Gasteiger partial charge in [0.1, 0.15) is 6.54 Å². The first kappa shape index (κ1) is 15.5. The molecule has 0 atom stereocenters. The second kappa shape index (κ2) is 6.72. The van der Waals surface area contributed by atoms with E-state index in [0.717, 1.165) is 18.4 Å². The molecule has 1 aliphatic carbocycles. The van der Waals surface area contributed by atoms with Crippen molar-refractivity contribution in [1.29, 1.82) is 0 Å². The molecule has 0 bridgehead atoms. The minimum absolute atomic E-state index is 0.0663. The number of hydrogen-bond donors (Lipinski definition) is 1. The van der Waals surface area contributed by atoms with Gasteiger partial charge in [0.2, 0.25) is 5.91 Å². The SMILES string of the molecule is COC(=O)CN(Cc1ccccc1)C(=O)C1(N)CCCC1. The first-order valence-electron chi connectivity index (χ1n) is 7.24. The Bertz CT molecular complexity index is 496. The molecule has 2 N–H and O–H groups in total. The number of amides is 1. The molecule has 1 amide bonds. The Labute approximate surface area is 125 Å². The summed E-state index contributed by atoms with van der Waals surface area (Å²) in [7, 11) is 1.32. The Morgan fingerprint density at radius 2 is 1.86 bits per heavy atom. The molecule has 2 rings (SSSR count). The number of esters is 1. The minimum atomic E-state index is -0.831. The summed E-state index contributed by atoms with van der Waals surface area (Å²) in [6.07, 6.45) is 3.27. The molecule has 5 nitrogen and oxygen atoms in total. The summed E-state index contributed by atoms with van der Waals surface area (Å²) in [4.78, 5) is 25.8. The summed E-state index contributed by atoms with van der Waals surface area (Å²) in [5, 5.41) is 0. The molecule has 0 saturated heterocycles. The summed E-state index contributed by atoms with van der Waals surface area (Å²) in [6.45, 7) is 0.302. The topological polar surface area (TPSA) is 72.6 Å². The van der Waals surface area contributed by atoms with Crippen molar-refractivity contribution < 1.29 is 14.3 Å². The van der Waals surface area contributed by atoms with E-state index in [4.69, 9.17) is 10.5 Å². The zero-order valence-corrected chi connectivity index (χ0v) is 12.4. The smallest absolute Gasteiger partial charge is 0.325 e. The van der Waals surface area contributed by atoms with Crippen LogP contribution >= 0.6 is 0 Å². The average molecular weight is 290 g/mol. The highest BCUT2D eigenvalue weighted by Crippen LogP contribution is 2.29. The van der Waals surface area contributed by atoms with Gasteiger partial charge in [-0.25, -0.2) is 0 Å². The van der Waals surface area contributed by atoms with Crippen LogP contribution in [0.3, 0.4) is 0 Å². The summed E-state index contributed by atoms with van der Waals surface area (Å²) in [5.74, 6) is -0.588. The molecular weight excluding hydrogens is 268 g/mol. The van der Waals surface area contributed by atoms with Crippen LogP contribution in [0.2, 0.25) is 0 Å². The second-order valence-corrected chi connectivity index (χ2v) is 5.59. The van der Waals surface area contributed by atoms with Crippen molar-refractivity contribution in [2.45, 2.75) is 37.8 Å². The van der Waals surface area contributed by atoms with Crippen LogP contribution in [0.15, 0.2) is 30.3 Å². The minimum Gasteiger partial charge on any atom is -0.468 e. The quantitative estimate of drug-likeness (QED) is 0.833. The van der Waals surface area contributed by atoms with Crippen LogP contribution in [-0.2, 0) is 20.9 Å². The zero-order chi connectivity index (χ0) is 15.3. The van der Waals surface area contributed by atoms with Crippen LogP contribution in [0.5, 0.6) is 0 Å². The molecule has 1 aromatic rings. The number of rotatable bonds is 5. The van der Waals surface area contributed by atoms with Crippen LogP contribution in [0.25, 0.3) is 0 Å².